The lowest BCUT2D eigenvalue weighted by molar-refractivity contribution is 0.0694. The summed E-state index contributed by atoms with van der Waals surface area (Å²) < 4.78 is 5.29. The number of aromatic amines is 1. The van der Waals surface area contributed by atoms with Gasteiger partial charge in [0.25, 0.3) is 11.5 Å². The molecule has 0 fully saturated rings. The van der Waals surface area contributed by atoms with Crippen molar-refractivity contribution >= 4 is 17.7 Å². The smallest absolute Gasteiger partial charge is 0.339 e. The Morgan fingerprint density at radius 1 is 1.22 bits per heavy atom. The van der Waals surface area contributed by atoms with Gasteiger partial charge in [-0.05, 0) is 30.9 Å². The zero-order chi connectivity index (χ0) is 19.9. The lowest BCUT2D eigenvalue weighted by Crippen LogP contribution is -2.34. The highest BCUT2D eigenvalue weighted by molar-refractivity contribution is 6.02. The molecule has 3 N–H and O–H groups in total. The van der Waals surface area contributed by atoms with Gasteiger partial charge in [-0.1, -0.05) is 13.8 Å². The fourth-order valence-corrected chi connectivity index (χ4v) is 3.30. The van der Waals surface area contributed by atoms with E-state index in [1.807, 2.05) is 13.8 Å². The number of hydrogen-bond acceptors (Lipinski definition) is 5. The Labute approximate surface area is 154 Å². The van der Waals surface area contributed by atoms with Crippen LogP contribution in [0.4, 0.5) is 0 Å². The number of carbonyl (C=O) groups is 3. The number of aromatic nitrogens is 1. The average Bonchev–Trinajstić information content (AvgIpc) is 2.92. The topological polar surface area (TPSA) is 129 Å². The molecule has 3 rings (SSSR count). The van der Waals surface area contributed by atoms with Gasteiger partial charge in [-0.3, -0.25) is 14.4 Å². The van der Waals surface area contributed by atoms with Crippen molar-refractivity contribution < 1.29 is 23.9 Å². The molecule has 0 aliphatic heterocycles. The Morgan fingerprint density at radius 3 is 2.56 bits per heavy atom. The second kappa shape index (κ2) is 6.53. The van der Waals surface area contributed by atoms with Gasteiger partial charge in [-0.25, -0.2) is 4.79 Å². The third-order valence-electron chi connectivity index (χ3n) is 4.58. The molecule has 0 saturated carbocycles. The first kappa shape index (κ1) is 18.6. The predicted molar refractivity (Wildman–Crippen MR) is 95.1 cm³/mol. The van der Waals surface area contributed by atoms with Gasteiger partial charge >= 0.3 is 5.97 Å². The van der Waals surface area contributed by atoms with Gasteiger partial charge in [0, 0.05) is 17.7 Å². The number of ketones is 1. The van der Waals surface area contributed by atoms with Crippen molar-refractivity contribution in [2.75, 3.05) is 0 Å². The minimum atomic E-state index is -1.12. The first-order valence-electron chi connectivity index (χ1n) is 8.47. The molecule has 0 atom stereocenters. The van der Waals surface area contributed by atoms with Crippen LogP contribution in [0.3, 0.4) is 0 Å². The van der Waals surface area contributed by atoms with E-state index in [1.165, 1.54) is 19.1 Å². The lowest BCUT2D eigenvalue weighted by Gasteiger charge is -2.29. The number of rotatable bonds is 4. The molecular formula is C19H20N2O6. The summed E-state index contributed by atoms with van der Waals surface area (Å²) in [4.78, 5) is 50.7. The molecule has 2 aromatic heterocycles. The van der Waals surface area contributed by atoms with Crippen LogP contribution in [0.25, 0.3) is 0 Å². The fraction of sp³-hybridized carbons (Fsp3) is 0.368. The highest BCUT2D eigenvalue weighted by Gasteiger charge is 2.32. The third-order valence-corrected chi connectivity index (χ3v) is 4.58. The monoisotopic (exact) mass is 372 g/mol. The summed E-state index contributed by atoms with van der Waals surface area (Å²) >= 11 is 0. The number of amides is 1. The first-order chi connectivity index (χ1) is 12.6. The van der Waals surface area contributed by atoms with Crippen molar-refractivity contribution in [2.45, 2.75) is 40.2 Å². The minimum Gasteiger partial charge on any atom is -0.478 e. The van der Waals surface area contributed by atoms with Crippen LogP contribution in [0.2, 0.25) is 0 Å². The van der Waals surface area contributed by atoms with Crippen molar-refractivity contribution in [3.05, 3.63) is 56.4 Å². The molecule has 0 saturated heterocycles. The van der Waals surface area contributed by atoms with E-state index >= 15 is 0 Å². The van der Waals surface area contributed by atoms with Crippen molar-refractivity contribution in [3.8, 4) is 0 Å². The molecule has 1 amide bonds. The van der Waals surface area contributed by atoms with Crippen molar-refractivity contribution in [1.29, 1.82) is 0 Å². The van der Waals surface area contributed by atoms with Crippen LogP contribution in [0.15, 0.2) is 21.3 Å². The summed E-state index contributed by atoms with van der Waals surface area (Å²) in [7, 11) is 0. The van der Waals surface area contributed by atoms with E-state index < -0.39 is 17.4 Å². The van der Waals surface area contributed by atoms with Crippen molar-refractivity contribution in [2.24, 2.45) is 5.41 Å². The van der Waals surface area contributed by atoms with Crippen LogP contribution in [0, 0.1) is 12.3 Å². The summed E-state index contributed by atoms with van der Waals surface area (Å²) in [6.45, 7) is 5.33. The highest BCUT2D eigenvalue weighted by Crippen LogP contribution is 2.33. The van der Waals surface area contributed by atoms with Gasteiger partial charge in [0.05, 0.1) is 6.54 Å². The van der Waals surface area contributed by atoms with Gasteiger partial charge in [-0.2, -0.15) is 0 Å². The molecule has 8 heteroatoms. The summed E-state index contributed by atoms with van der Waals surface area (Å²) in [6, 6.07) is 2.65. The second-order valence-electron chi connectivity index (χ2n) is 7.52. The van der Waals surface area contributed by atoms with E-state index in [0.717, 1.165) is 0 Å². The van der Waals surface area contributed by atoms with E-state index in [1.54, 1.807) is 0 Å². The maximum absolute atomic E-state index is 12.4. The Hall–Kier alpha value is -3.16. The number of nitrogens with one attached hydrogen (secondary N) is 2. The molecule has 0 bridgehead atoms. The Morgan fingerprint density at radius 2 is 1.93 bits per heavy atom. The van der Waals surface area contributed by atoms with E-state index in [4.69, 9.17) is 9.52 Å². The quantitative estimate of drug-likeness (QED) is 0.753. The molecule has 0 spiro atoms. The summed E-state index contributed by atoms with van der Waals surface area (Å²) in [5.41, 5.74) is -0.0524. The summed E-state index contributed by atoms with van der Waals surface area (Å²) in [5, 5.41) is 11.5. The summed E-state index contributed by atoms with van der Waals surface area (Å²) in [6.07, 6.45) is 0.894. The number of pyridine rings is 1. The van der Waals surface area contributed by atoms with Gasteiger partial charge in [0.1, 0.15) is 22.6 Å². The standard InChI is InChI=1S/C19H20N2O6/c1-9-11(18(25)26)4-10(27-9)8-20-16(23)13-5-12-14(21-17(13)24)6-19(2,3)7-15(12)22/h4-5H,6-8H2,1-3H3,(H,20,23)(H,21,24)(H,25,26). The number of fused-ring (bicyclic) bond motifs is 1. The molecule has 142 valence electrons. The molecule has 0 radical (unpaired) electrons. The predicted octanol–water partition coefficient (Wildman–Crippen LogP) is 2.06. The number of hydrogen-bond donors (Lipinski definition) is 3. The number of aryl methyl sites for hydroxylation is 1. The van der Waals surface area contributed by atoms with E-state index in [9.17, 15) is 19.2 Å². The number of aromatic carboxylic acids is 1. The molecule has 1 aliphatic carbocycles. The summed E-state index contributed by atoms with van der Waals surface area (Å²) in [5.74, 6) is -1.42. The van der Waals surface area contributed by atoms with Crippen molar-refractivity contribution in [3.63, 3.8) is 0 Å². The Kier molecular flexibility index (Phi) is 4.51. The molecule has 1 aliphatic rings. The van der Waals surface area contributed by atoms with Gasteiger partial charge < -0.3 is 19.8 Å². The molecule has 27 heavy (non-hydrogen) atoms. The van der Waals surface area contributed by atoms with E-state index in [-0.39, 0.29) is 40.4 Å². The average molecular weight is 372 g/mol. The number of Topliss-reactive ketones (excluding diaryl/α,β-unsaturated/α-hetero) is 1. The lowest BCUT2D eigenvalue weighted by atomic mass is 9.75. The molecule has 0 unspecified atom stereocenters. The normalized spacial score (nSPS) is 15.3. The number of carboxylic acids is 1. The SMILES string of the molecule is Cc1oc(CNC(=O)c2cc3c([nH]c2=O)CC(C)(C)CC3=O)cc1C(=O)O. The van der Waals surface area contributed by atoms with Crippen LogP contribution >= 0.6 is 0 Å². The van der Waals surface area contributed by atoms with Crippen LogP contribution in [-0.4, -0.2) is 27.8 Å². The number of carbonyl (C=O) groups excluding carboxylic acids is 2. The highest BCUT2D eigenvalue weighted by atomic mass is 16.4. The molecule has 0 aromatic carbocycles. The van der Waals surface area contributed by atoms with Gasteiger partial charge in [0.15, 0.2) is 5.78 Å². The fourth-order valence-electron chi connectivity index (χ4n) is 3.30. The van der Waals surface area contributed by atoms with Crippen LogP contribution in [0.5, 0.6) is 0 Å². The molecule has 2 aromatic rings. The first-order valence-corrected chi connectivity index (χ1v) is 8.47. The molecule has 8 nitrogen and oxygen atoms in total. The zero-order valence-corrected chi connectivity index (χ0v) is 15.3. The second-order valence-corrected chi connectivity index (χ2v) is 7.52. The number of carboxylic acid groups (broad SMARTS) is 1. The van der Waals surface area contributed by atoms with Crippen LogP contribution in [-0.2, 0) is 13.0 Å². The van der Waals surface area contributed by atoms with E-state index in [2.05, 4.69) is 10.3 Å². The zero-order valence-electron chi connectivity index (χ0n) is 15.3. The van der Waals surface area contributed by atoms with E-state index in [0.29, 0.717) is 24.1 Å². The number of furan rings is 1. The van der Waals surface area contributed by atoms with Crippen LogP contribution < -0.4 is 10.9 Å². The molecular weight excluding hydrogens is 352 g/mol. The van der Waals surface area contributed by atoms with Gasteiger partial charge in [0.2, 0.25) is 0 Å². The maximum Gasteiger partial charge on any atom is 0.339 e. The Balaban J connectivity index is 1.81. The maximum atomic E-state index is 12.4. The number of H-pyrrole nitrogens is 1. The largest absolute Gasteiger partial charge is 0.478 e. The minimum absolute atomic E-state index is 0.0130. The Bertz CT molecular complexity index is 1010. The third kappa shape index (κ3) is 3.69. The van der Waals surface area contributed by atoms with Gasteiger partial charge in [-0.15, -0.1) is 0 Å². The van der Waals surface area contributed by atoms with Crippen LogP contribution in [0.1, 0.15) is 68.6 Å². The molecule has 2 heterocycles. The van der Waals surface area contributed by atoms with Crippen molar-refractivity contribution in [1.82, 2.24) is 10.3 Å².